The third kappa shape index (κ3) is 8.60. The highest BCUT2D eigenvalue weighted by Gasteiger charge is 2.59. The van der Waals surface area contributed by atoms with Gasteiger partial charge in [0.15, 0.2) is 0 Å². The van der Waals surface area contributed by atoms with Gasteiger partial charge in [0.25, 0.3) is 5.91 Å². The maximum atomic E-state index is 16.6. The van der Waals surface area contributed by atoms with Crippen LogP contribution in [-0.4, -0.2) is 95.4 Å². The van der Waals surface area contributed by atoms with Crippen molar-refractivity contribution in [3.63, 3.8) is 0 Å². The van der Waals surface area contributed by atoms with Gasteiger partial charge in [-0.05, 0) is 129 Å². The molecule has 13 nitrogen and oxygen atoms in total. The lowest BCUT2D eigenvalue weighted by molar-refractivity contribution is -0.148. The zero-order chi connectivity index (χ0) is 44.2. The van der Waals surface area contributed by atoms with Gasteiger partial charge in [-0.25, -0.2) is 9.48 Å². The van der Waals surface area contributed by atoms with Crippen molar-refractivity contribution < 1.29 is 37.4 Å². The number of carbonyl (C=O) groups is 4. The molecule has 2 saturated carbocycles. The van der Waals surface area contributed by atoms with Crippen molar-refractivity contribution in [2.75, 3.05) is 32.1 Å². The number of hydrogen-bond donors (Lipinski definition) is 2. The van der Waals surface area contributed by atoms with Crippen molar-refractivity contribution in [3.8, 4) is 5.75 Å². The molecule has 1 spiro atoms. The smallest absolute Gasteiger partial charge is 0.355 e. The number of nitrogens with zero attached hydrogens (tertiary/aromatic N) is 4. The van der Waals surface area contributed by atoms with Crippen LogP contribution in [0.1, 0.15) is 104 Å². The average Bonchev–Trinajstić information content (AvgIpc) is 4.03. The molecule has 2 aromatic carbocycles. The molecule has 334 valence electrons. The monoisotopic (exact) mass is 898 g/mol. The Morgan fingerprint density at radius 1 is 1.05 bits per heavy atom. The second kappa shape index (κ2) is 17.3. The largest absolute Gasteiger partial charge is 0.465 e. The van der Waals surface area contributed by atoms with Crippen LogP contribution in [0.4, 0.5) is 10.1 Å². The van der Waals surface area contributed by atoms with Crippen LogP contribution in [0.3, 0.4) is 0 Å². The number of esters is 1. The summed E-state index contributed by atoms with van der Waals surface area (Å²) in [7, 11) is -0.405. The summed E-state index contributed by atoms with van der Waals surface area (Å²) in [6, 6.07) is 14.0. The van der Waals surface area contributed by atoms with Gasteiger partial charge in [0, 0.05) is 60.9 Å². The van der Waals surface area contributed by atoms with Gasteiger partial charge in [-0.3, -0.25) is 28.7 Å². The Morgan fingerprint density at radius 3 is 2.57 bits per heavy atom. The SMILES string of the molecule is CCCOC(=O)[C@H](C)N[P@@](=O)(Oc1ccccc1)[C@@H](F)c1ccc2sc(C(=O)N[C@H]3C[C@@H]4C[C@@H]4C[C@H]4CC[C@@H](C(=O)N5C[C@@H](c6cnccc6N(C)C)CC56CC6)N4C3=O)cc2c1. The highest BCUT2D eigenvalue weighted by molar-refractivity contribution is 7.57. The molecule has 0 radical (unpaired) electrons. The number of anilines is 1. The van der Waals surface area contributed by atoms with E-state index in [1.54, 1.807) is 48.7 Å². The van der Waals surface area contributed by atoms with E-state index in [4.69, 9.17) is 9.26 Å². The first kappa shape index (κ1) is 43.4. The molecule has 3 aliphatic heterocycles. The van der Waals surface area contributed by atoms with Crippen LogP contribution in [-0.2, 0) is 23.7 Å². The highest BCUT2D eigenvalue weighted by atomic mass is 32.1. The number of thiophene rings is 1. The molecule has 5 heterocycles. The number of carbonyl (C=O) groups excluding carboxylic acids is 4. The fourth-order valence-corrected chi connectivity index (χ4v) is 13.2. The first-order valence-electron chi connectivity index (χ1n) is 22.3. The van der Waals surface area contributed by atoms with Crippen LogP contribution in [0.25, 0.3) is 10.1 Å². The zero-order valence-electron chi connectivity index (χ0n) is 36.2. The van der Waals surface area contributed by atoms with E-state index in [1.807, 2.05) is 38.2 Å². The maximum absolute atomic E-state index is 16.6. The number of nitrogens with one attached hydrogen (secondary N) is 2. The molecule has 3 saturated heterocycles. The topological polar surface area (TPSA) is 150 Å². The van der Waals surface area contributed by atoms with E-state index in [9.17, 15) is 23.7 Å². The van der Waals surface area contributed by atoms with E-state index in [0.717, 1.165) is 49.8 Å². The zero-order valence-corrected chi connectivity index (χ0v) is 37.9. The summed E-state index contributed by atoms with van der Waals surface area (Å²) in [6.07, 6.45) is 10.9. The summed E-state index contributed by atoms with van der Waals surface area (Å²) < 4.78 is 42.7. The second-order valence-corrected chi connectivity index (χ2v) is 21.6. The number of hydrogen-bond acceptors (Lipinski definition) is 10. The summed E-state index contributed by atoms with van der Waals surface area (Å²) in [6.45, 7) is 4.05. The van der Waals surface area contributed by atoms with Crippen LogP contribution < -0.4 is 19.8 Å². The minimum atomic E-state index is -4.45. The molecule has 63 heavy (non-hydrogen) atoms. The number of para-hydroxylation sites is 1. The third-order valence-corrected chi connectivity index (χ3v) is 17.0. The second-order valence-electron chi connectivity index (χ2n) is 18.4. The minimum absolute atomic E-state index is 0.0189. The number of aromatic nitrogens is 1. The van der Waals surface area contributed by atoms with Gasteiger partial charge < -0.3 is 29.3 Å². The van der Waals surface area contributed by atoms with E-state index < -0.39 is 43.4 Å². The third-order valence-electron chi connectivity index (χ3n) is 13.8. The molecular formula is C47H56FN6O7PS. The number of pyridine rings is 1. The van der Waals surface area contributed by atoms with E-state index >= 15 is 4.39 Å². The number of amides is 3. The number of ether oxygens (including phenoxy) is 1. The van der Waals surface area contributed by atoms with Crippen LogP contribution in [0, 0.1) is 11.8 Å². The van der Waals surface area contributed by atoms with Gasteiger partial charge in [-0.2, -0.15) is 0 Å². The van der Waals surface area contributed by atoms with Crippen molar-refractivity contribution in [3.05, 3.63) is 89.1 Å². The predicted molar refractivity (Wildman–Crippen MR) is 240 cm³/mol. The molecule has 4 aromatic rings. The standard InChI is InChI=1S/C47H56FN6O7PS/c1-5-19-60-46(58)28(2)51-62(59,61-35-9-7-6-8-10-35)42(48)29-11-14-40-32(20-29)24-41(63-40)43(55)50-37-23-31-21-30(31)22-34-12-13-39(54(34)44(37)56)45(57)53-27-33(25-47(53)16-17-47)36-26-49-18-15-38(36)52(3)4/h6-11,14-15,18,20,24,26,28,30-31,33-34,37,39,42H,5,12-13,16-17,19,21-23,25,27H2,1-4H3,(H,50,55)(H,51,59)/t28-,30+,31-,33-,34+,37-,39-,42+,62-/m0/s1. The first-order chi connectivity index (χ1) is 30.3. The number of likely N-dealkylation sites (tertiary alicyclic amines) is 1. The van der Waals surface area contributed by atoms with Gasteiger partial charge in [-0.15, -0.1) is 11.3 Å². The molecule has 3 amide bonds. The molecule has 5 fully saturated rings. The Hall–Kier alpha value is -4.85. The van der Waals surface area contributed by atoms with Gasteiger partial charge in [0.2, 0.25) is 17.7 Å². The van der Waals surface area contributed by atoms with Crippen molar-refractivity contribution in [2.24, 2.45) is 11.8 Å². The lowest BCUT2D eigenvalue weighted by atomic mass is 9.95. The van der Waals surface area contributed by atoms with E-state index in [-0.39, 0.29) is 47.2 Å². The summed E-state index contributed by atoms with van der Waals surface area (Å²) in [5.74, 6) is -2.36. The van der Waals surface area contributed by atoms with Crippen LogP contribution in [0.2, 0.25) is 0 Å². The lowest BCUT2D eigenvalue weighted by Crippen LogP contribution is -2.57. The maximum Gasteiger partial charge on any atom is 0.355 e. The van der Waals surface area contributed by atoms with Gasteiger partial charge in [0.05, 0.1) is 11.5 Å². The number of benzene rings is 2. The fraction of sp³-hybridized carbons (Fsp3) is 0.511. The summed E-state index contributed by atoms with van der Waals surface area (Å²) >= 11 is 1.21. The van der Waals surface area contributed by atoms with E-state index in [0.29, 0.717) is 52.6 Å². The Balaban J connectivity index is 0.922. The molecule has 9 atom stereocenters. The van der Waals surface area contributed by atoms with Crippen LogP contribution in [0.5, 0.6) is 5.75 Å². The lowest BCUT2D eigenvalue weighted by Gasteiger charge is -2.37. The first-order valence-corrected chi connectivity index (χ1v) is 24.8. The number of alkyl halides is 1. The van der Waals surface area contributed by atoms with Crippen molar-refractivity contribution in [2.45, 2.75) is 113 Å². The average molecular weight is 899 g/mol. The summed E-state index contributed by atoms with van der Waals surface area (Å²) in [5, 5.41) is 6.23. The van der Waals surface area contributed by atoms with Crippen LogP contribution in [0.15, 0.2) is 73.1 Å². The Kier molecular flexibility index (Phi) is 11.9. The van der Waals surface area contributed by atoms with E-state index in [2.05, 4.69) is 25.2 Å². The van der Waals surface area contributed by atoms with Crippen molar-refractivity contribution >= 4 is 58.3 Å². The molecule has 9 rings (SSSR count). The Morgan fingerprint density at radius 2 is 1.83 bits per heavy atom. The molecular weight excluding hydrogens is 843 g/mol. The molecule has 16 heteroatoms. The van der Waals surface area contributed by atoms with Crippen LogP contribution >= 0.6 is 18.9 Å². The number of fused-ring (bicyclic) bond motifs is 3. The van der Waals surface area contributed by atoms with E-state index in [1.165, 1.54) is 30.4 Å². The normalized spacial score (nSPS) is 26.5. The molecule has 2 aromatic heterocycles. The van der Waals surface area contributed by atoms with Crippen molar-refractivity contribution in [1.82, 2.24) is 25.2 Å². The van der Waals surface area contributed by atoms with Gasteiger partial charge in [-0.1, -0.05) is 31.2 Å². The number of halogens is 1. The molecule has 2 N–H and O–H groups in total. The minimum Gasteiger partial charge on any atom is -0.465 e. The highest BCUT2D eigenvalue weighted by Crippen LogP contribution is 2.59. The summed E-state index contributed by atoms with van der Waals surface area (Å²) in [4.78, 5) is 67.0. The predicted octanol–water partition coefficient (Wildman–Crippen LogP) is 7.97. The molecule has 2 aliphatic carbocycles. The summed E-state index contributed by atoms with van der Waals surface area (Å²) in [5.41, 5.74) is 2.10. The van der Waals surface area contributed by atoms with Gasteiger partial charge in [0.1, 0.15) is 23.9 Å². The number of rotatable bonds is 14. The quantitative estimate of drug-likeness (QED) is 0.0943. The Labute approximate surface area is 371 Å². The fourth-order valence-electron chi connectivity index (χ4n) is 10.3. The Bertz CT molecular complexity index is 2450. The molecule has 0 bridgehead atoms. The van der Waals surface area contributed by atoms with Gasteiger partial charge >= 0.3 is 13.5 Å². The molecule has 0 unspecified atom stereocenters. The van der Waals surface area contributed by atoms with Crippen molar-refractivity contribution in [1.29, 1.82) is 0 Å². The molecule has 5 aliphatic rings.